The predicted molar refractivity (Wildman–Crippen MR) is 47.6 cm³/mol. The Bertz CT molecular complexity index is 267. The van der Waals surface area contributed by atoms with Crippen molar-refractivity contribution in [3.8, 4) is 0 Å². The summed E-state index contributed by atoms with van der Waals surface area (Å²) in [5, 5.41) is 8.39. The average Bonchev–Trinajstić information content (AvgIpc) is 1.79. The van der Waals surface area contributed by atoms with Gasteiger partial charge >= 0.3 is 15.6 Å². The fourth-order valence-electron chi connectivity index (χ4n) is 0.300. The summed E-state index contributed by atoms with van der Waals surface area (Å²) < 4.78 is 58.4. The molecule has 0 atom stereocenters. The molecule has 0 saturated heterocycles. The van der Waals surface area contributed by atoms with Crippen LogP contribution in [0.15, 0.2) is 0 Å². The molecule has 0 amide bonds. The Morgan fingerprint density at radius 3 is 1.47 bits per heavy atom. The van der Waals surface area contributed by atoms with Crippen LogP contribution >= 0.6 is 0 Å². The molecule has 0 aromatic rings. The zero-order valence-corrected chi connectivity index (χ0v) is 9.43. The number of alkyl halides is 3. The van der Waals surface area contributed by atoms with E-state index >= 15 is 0 Å². The maximum absolute atomic E-state index is 10.7. The van der Waals surface area contributed by atoms with Crippen molar-refractivity contribution < 1.29 is 35.7 Å². The highest BCUT2D eigenvalue weighted by molar-refractivity contribution is 7.86. The molecule has 0 bridgehead atoms. The van der Waals surface area contributed by atoms with Crippen LogP contribution in [0.3, 0.4) is 0 Å². The van der Waals surface area contributed by atoms with Gasteiger partial charge in [0.25, 0.3) is 0 Å². The fraction of sp³-hybridized carbons (Fsp3) is 1.00. The van der Waals surface area contributed by atoms with Crippen molar-refractivity contribution in [1.82, 2.24) is 0 Å². The van der Waals surface area contributed by atoms with Crippen LogP contribution in [0.5, 0.6) is 0 Å². The molecule has 0 rings (SSSR count). The van der Waals surface area contributed by atoms with Gasteiger partial charge in [0.05, 0.1) is 27.7 Å². The maximum atomic E-state index is 10.7. The van der Waals surface area contributed by atoms with E-state index in [0.29, 0.717) is 0 Å². The molecule has 94 valence electrons. The fourth-order valence-corrected chi connectivity index (χ4v) is 0.300. The minimum atomic E-state index is -5.84. The average molecular weight is 254 g/mol. The van der Waals surface area contributed by atoms with Gasteiger partial charge in [-0.2, -0.15) is 21.6 Å². The lowest BCUT2D eigenvalue weighted by Gasteiger charge is -2.21. The number of nitrogens with zero attached hydrogens (tertiary/aromatic N) is 1. The van der Waals surface area contributed by atoms with Gasteiger partial charge in [0.1, 0.15) is 6.54 Å². The third-order valence-electron chi connectivity index (χ3n) is 1.06. The van der Waals surface area contributed by atoms with E-state index in [4.69, 9.17) is 18.1 Å². The Morgan fingerprint density at radius 1 is 1.20 bits per heavy atom. The highest BCUT2D eigenvalue weighted by Crippen LogP contribution is 2.20. The second-order valence-corrected chi connectivity index (χ2v) is 5.07. The third-order valence-corrected chi connectivity index (χ3v) is 1.65. The largest absolute Gasteiger partial charge is 0.522 e. The van der Waals surface area contributed by atoms with Gasteiger partial charge in [0, 0.05) is 0 Å². The smallest absolute Gasteiger partial charge is 0.391 e. The molecule has 0 aliphatic carbocycles. The van der Waals surface area contributed by atoms with Crippen LogP contribution < -0.4 is 0 Å². The van der Waals surface area contributed by atoms with Crippen LogP contribution in [0, 0.1) is 0 Å². The number of hydrogen-bond donors (Lipinski definition) is 2. The van der Waals surface area contributed by atoms with Crippen LogP contribution in [0.4, 0.5) is 13.2 Å². The van der Waals surface area contributed by atoms with Gasteiger partial charge in [-0.3, -0.25) is 4.55 Å². The summed E-state index contributed by atoms with van der Waals surface area (Å²) in [5.74, 6) is 0. The van der Waals surface area contributed by atoms with Gasteiger partial charge in [0.2, 0.25) is 0 Å². The molecule has 0 aromatic heterocycles. The first-order valence-corrected chi connectivity index (χ1v) is 5.20. The minimum Gasteiger partial charge on any atom is -0.391 e. The molecule has 9 heteroatoms. The van der Waals surface area contributed by atoms with Crippen LogP contribution in [-0.2, 0) is 10.1 Å². The van der Waals surface area contributed by atoms with E-state index in [-0.39, 0.29) is 6.61 Å². The number of halogens is 3. The zero-order chi connectivity index (χ0) is 12.9. The van der Waals surface area contributed by atoms with Crippen molar-refractivity contribution in [2.24, 2.45) is 0 Å². The number of likely N-dealkylation sites (N-methyl/N-ethyl adjacent to an activating group) is 1. The molecule has 0 heterocycles. The first-order chi connectivity index (χ1) is 6.31. The quantitative estimate of drug-likeness (QED) is 0.416. The molecule has 0 unspecified atom stereocenters. The molecule has 0 spiro atoms. The second-order valence-electron chi connectivity index (χ2n) is 3.66. The number of quaternary nitrogens is 1. The molecular weight excluding hydrogens is 239 g/mol. The van der Waals surface area contributed by atoms with Crippen molar-refractivity contribution in [2.45, 2.75) is 5.51 Å². The molecule has 0 aliphatic rings. The normalized spacial score (nSPS) is 13.1. The number of hydrogen-bond acceptors (Lipinski definition) is 3. The Morgan fingerprint density at radius 2 is 1.47 bits per heavy atom. The van der Waals surface area contributed by atoms with Crippen LogP contribution in [-0.4, -0.2) is 62.4 Å². The highest BCUT2D eigenvalue weighted by atomic mass is 32.2. The maximum Gasteiger partial charge on any atom is 0.522 e. The summed E-state index contributed by atoms with van der Waals surface area (Å²) in [5.41, 5.74) is -5.53. The molecule has 0 radical (unpaired) electrons. The molecule has 15 heavy (non-hydrogen) atoms. The molecule has 0 saturated carbocycles. The second kappa shape index (κ2) is 5.64. The highest BCUT2D eigenvalue weighted by Gasteiger charge is 2.44. The van der Waals surface area contributed by atoms with E-state index < -0.39 is 15.6 Å². The Labute approximate surface area is 86.5 Å². The lowest BCUT2D eigenvalue weighted by atomic mass is 10.5. The number of aliphatic hydroxyl groups is 1. The van der Waals surface area contributed by atoms with Gasteiger partial charge in [-0.25, -0.2) is 0 Å². The standard InChI is InChI=1S/C5H14NO.CHF3O3S/c1-6(2,3)4-5-7;2-1(3,4)8(5,6)7/h7H,4-5H2,1-3H3;(H,5,6,7)/q+1;. The van der Waals surface area contributed by atoms with Gasteiger partial charge < -0.3 is 9.59 Å². The number of aliphatic hydroxyl groups excluding tert-OH is 1. The van der Waals surface area contributed by atoms with E-state index in [1.54, 1.807) is 0 Å². The molecular formula is C6H15F3NO4S+. The molecule has 5 nitrogen and oxygen atoms in total. The van der Waals surface area contributed by atoms with Crippen molar-refractivity contribution in [3.05, 3.63) is 0 Å². The molecule has 0 aliphatic heterocycles. The molecule has 2 N–H and O–H groups in total. The molecule has 0 aromatic carbocycles. The summed E-state index contributed by atoms with van der Waals surface area (Å²) in [6, 6.07) is 0. The van der Waals surface area contributed by atoms with E-state index in [1.165, 1.54) is 0 Å². The number of rotatable bonds is 2. The van der Waals surface area contributed by atoms with E-state index in [9.17, 15) is 13.2 Å². The van der Waals surface area contributed by atoms with Crippen LogP contribution in [0.2, 0.25) is 0 Å². The van der Waals surface area contributed by atoms with Crippen LogP contribution in [0.25, 0.3) is 0 Å². The zero-order valence-electron chi connectivity index (χ0n) is 8.61. The Balaban J connectivity index is 0. The van der Waals surface area contributed by atoms with Gasteiger partial charge in [0.15, 0.2) is 0 Å². The lowest BCUT2D eigenvalue weighted by molar-refractivity contribution is -0.870. The van der Waals surface area contributed by atoms with E-state index in [0.717, 1.165) is 11.0 Å². The third kappa shape index (κ3) is 11.5. The van der Waals surface area contributed by atoms with Gasteiger partial charge in [-0.15, -0.1) is 0 Å². The topological polar surface area (TPSA) is 74.6 Å². The summed E-state index contributed by atoms with van der Waals surface area (Å²) in [6.07, 6.45) is 0. The summed E-state index contributed by atoms with van der Waals surface area (Å²) in [6.45, 7) is 1.11. The summed E-state index contributed by atoms with van der Waals surface area (Å²) in [7, 11) is 0.315. The van der Waals surface area contributed by atoms with Crippen molar-refractivity contribution in [1.29, 1.82) is 0 Å². The van der Waals surface area contributed by atoms with Crippen molar-refractivity contribution >= 4 is 10.1 Å². The van der Waals surface area contributed by atoms with Gasteiger partial charge in [-0.1, -0.05) is 0 Å². The summed E-state index contributed by atoms with van der Waals surface area (Å²) >= 11 is 0. The van der Waals surface area contributed by atoms with Crippen molar-refractivity contribution in [2.75, 3.05) is 34.3 Å². The van der Waals surface area contributed by atoms with Crippen LogP contribution in [0.1, 0.15) is 0 Å². The SMILES string of the molecule is C[N+](C)(C)CCO.O=S(=O)(O)C(F)(F)F. The molecule has 0 fully saturated rings. The van der Waals surface area contributed by atoms with E-state index in [2.05, 4.69) is 21.1 Å². The predicted octanol–water partition coefficient (Wildman–Crippen LogP) is 0.0789. The summed E-state index contributed by atoms with van der Waals surface area (Å²) in [4.78, 5) is 0. The lowest BCUT2D eigenvalue weighted by Crippen LogP contribution is -2.36. The van der Waals surface area contributed by atoms with E-state index in [1.807, 2.05) is 0 Å². The first-order valence-electron chi connectivity index (χ1n) is 3.76. The Kier molecular flexibility index (Phi) is 6.40. The Hall–Kier alpha value is -0.380. The van der Waals surface area contributed by atoms with Crippen molar-refractivity contribution in [3.63, 3.8) is 0 Å². The van der Waals surface area contributed by atoms with Gasteiger partial charge in [-0.05, 0) is 0 Å². The minimum absolute atomic E-state index is 0.281. The first kappa shape index (κ1) is 17.0. The monoisotopic (exact) mass is 254 g/mol.